The third kappa shape index (κ3) is 4.87. The molecule has 6 rings (SSSR count). The number of nitrogens with one attached hydrogen (secondary N) is 2. The van der Waals surface area contributed by atoms with Gasteiger partial charge in [0.2, 0.25) is 11.8 Å². The molecular weight excluding hydrogens is 426 g/mol. The number of hydrogen-bond acceptors (Lipinski definition) is 5. The molecule has 4 saturated carbocycles. The molecule has 4 aliphatic carbocycles. The molecular formula is C24H31N3O2S2. The van der Waals surface area contributed by atoms with Crippen LogP contribution in [0.25, 0.3) is 10.6 Å². The largest absolute Gasteiger partial charge is 0.354 e. The number of amides is 2. The number of rotatable bonds is 8. The number of aromatic nitrogens is 1. The second-order valence-corrected chi connectivity index (χ2v) is 12.2. The first-order valence-corrected chi connectivity index (χ1v) is 13.2. The van der Waals surface area contributed by atoms with Gasteiger partial charge in [0.25, 0.3) is 0 Å². The molecule has 0 aliphatic heterocycles. The van der Waals surface area contributed by atoms with Crippen molar-refractivity contribution < 1.29 is 9.59 Å². The Hall–Kier alpha value is -1.73. The van der Waals surface area contributed by atoms with E-state index in [1.807, 2.05) is 6.92 Å². The highest BCUT2D eigenvalue weighted by Gasteiger charge is 2.51. The average molecular weight is 458 g/mol. The van der Waals surface area contributed by atoms with E-state index in [9.17, 15) is 9.59 Å². The predicted octanol–water partition coefficient (Wildman–Crippen LogP) is 4.56. The zero-order chi connectivity index (χ0) is 21.4. The second kappa shape index (κ2) is 8.66. The molecule has 7 heteroatoms. The molecule has 0 saturated heterocycles. The van der Waals surface area contributed by atoms with Gasteiger partial charge in [-0.05, 0) is 87.2 Å². The molecule has 0 radical (unpaired) electrons. The zero-order valence-electron chi connectivity index (χ0n) is 18.1. The Morgan fingerprint density at radius 2 is 1.77 bits per heavy atom. The maximum absolute atomic E-state index is 12.6. The van der Waals surface area contributed by atoms with Gasteiger partial charge in [0.1, 0.15) is 0 Å². The summed E-state index contributed by atoms with van der Waals surface area (Å²) in [6, 6.07) is 4.20. The van der Waals surface area contributed by atoms with Crippen molar-refractivity contribution in [3.05, 3.63) is 27.4 Å². The molecule has 2 aromatic heterocycles. The Morgan fingerprint density at radius 3 is 2.42 bits per heavy atom. The molecule has 2 heterocycles. The third-order valence-corrected chi connectivity index (χ3v) is 9.31. The predicted molar refractivity (Wildman–Crippen MR) is 125 cm³/mol. The molecule has 0 spiro atoms. The number of hydrogen-bond donors (Lipinski definition) is 2. The minimum absolute atomic E-state index is 0.0542. The summed E-state index contributed by atoms with van der Waals surface area (Å²) in [5, 5.41) is 8.97. The van der Waals surface area contributed by atoms with E-state index < -0.39 is 0 Å². The Morgan fingerprint density at radius 1 is 1.06 bits per heavy atom. The van der Waals surface area contributed by atoms with E-state index in [4.69, 9.17) is 0 Å². The fourth-order valence-corrected chi connectivity index (χ4v) is 8.26. The minimum atomic E-state index is -0.106. The Kier molecular flexibility index (Phi) is 5.90. The number of aryl methyl sites for hydroxylation is 1. The molecule has 2 amide bonds. The first-order valence-electron chi connectivity index (χ1n) is 11.5. The standard InChI is InChI=1S/C24H31N3O2S2/c1-15-27-20(14-30-15)21-3-2-19(31-21)4-5-25-23(29)13-26-22(28)12-24-9-16-6-17(10-24)8-18(7-16)11-24/h2-3,14,16-18H,4-13H2,1H3,(H,25,29)(H,26,28). The molecule has 2 aromatic rings. The molecule has 5 nitrogen and oxygen atoms in total. The van der Waals surface area contributed by atoms with E-state index >= 15 is 0 Å². The van der Waals surface area contributed by atoms with Crippen LogP contribution in [0.4, 0.5) is 0 Å². The van der Waals surface area contributed by atoms with Crippen LogP contribution in [-0.2, 0) is 16.0 Å². The van der Waals surface area contributed by atoms with Crippen LogP contribution in [0, 0.1) is 30.1 Å². The monoisotopic (exact) mass is 457 g/mol. The van der Waals surface area contributed by atoms with Crippen molar-refractivity contribution in [1.29, 1.82) is 0 Å². The van der Waals surface area contributed by atoms with Gasteiger partial charge in [-0.25, -0.2) is 4.98 Å². The summed E-state index contributed by atoms with van der Waals surface area (Å²) in [6.07, 6.45) is 9.24. The topological polar surface area (TPSA) is 71.1 Å². The number of thiophene rings is 1. The van der Waals surface area contributed by atoms with E-state index in [0.717, 1.165) is 34.9 Å². The lowest BCUT2D eigenvalue weighted by Crippen LogP contribution is -2.48. The molecule has 0 atom stereocenters. The molecule has 0 aromatic carbocycles. The number of thiazole rings is 1. The van der Waals surface area contributed by atoms with Gasteiger partial charge in [-0.1, -0.05) is 0 Å². The van der Waals surface area contributed by atoms with Crippen LogP contribution in [0.1, 0.15) is 54.8 Å². The van der Waals surface area contributed by atoms with Crippen LogP contribution < -0.4 is 10.6 Å². The van der Waals surface area contributed by atoms with E-state index in [1.165, 1.54) is 48.3 Å². The average Bonchev–Trinajstić information content (AvgIpc) is 3.34. The lowest BCUT2D eigenvalue weighted by Gasteiger charge is -2.56. The number of nitrogens with zero attached hydrogens (tertiary/aromatic N) is 1. The van der Waals surface area contributed by atoms with Crippen molar-refractivity contribution >= 4 is 34.5 Å². The van der Waals surface area contributed by atoms with E-state index in [0.29, 0.717) is 13.0 Å². The smallest absolute Gasteiger partial charge is 0.239 e. The summed E-state index contributed by atoms with van der Waals surface area (Å²) in [5.74, 6) is 2.49. The first-order chi connectivity index (χ1) is 15.0. The van der Waals surface area contributed by atoms with Crippen LogP contribution in [-0.4, -0.2) is 29.9 Å². The third-order valence-electron chi connectivity index (χ3n) is 7.37. The van der Waals surface area contributed by atoms with Crippen LogP contribution in [0.2, 0.25) is 0 Å². The fraction of sp³-hybridized carbons (Fsp3) is 0.625. The lowest BCUT2D eigenvalue weighted by molar-refractivity contribution is -0.131. The Balaban J connectivity index is 1.03. The first kappa shape index (κ1) is 21.1. The highest BCUT2D eigenvalue weighted by molar-refractivity contribution is 7.16. The van der Waals surface area contributed by atoms with Crippen molar-refractivity contribution in [2.75, 3.05) is 13.1 Å². The SMILES string of the molecule is Cc1nc(-c2ccc(CCNC(=O)CNC(=O)CC34CC5CC(CC(C5)C3)C4)s2)cs1. The van der Waals surface area contributed by atoms with Crippen LogP contribution in [0.5, 0.6) is 0 Å². The normalized spacial score (nSPS) is 28.6. The van der Waals surface area contributed by atoms with Crippen LogP contribution in [0.15, 0.2) is 17.5 Å². The van der Waals surface area contributed by atoms with Crippen molar-refractivity contribution in [2.24, 2.45) is 23.2 Å². The maximum atomic E-state index is 12.6. The molecule has 4 aliphatic rings. The lowest BCUT2D eigenvalue weighted by atomic mass is 9.49. The highest BCUT2D eigenvalue weighted by atomic mass is 32.1. The van der Waals surface area contributed by atoms with Gasteiger partial charge in [0.15, 0.2) is 0 Å². The molecule has 31 heavy (non-hydrogen) atoms. The fourth-order valence-electron chi connectivity index (χ4n) is 6.60. The molecule has 166 valence electrons. The van der Waals surface area contributed by atoms with Crippen molar-refractivity contribution in [2.45, 2.75) is 58.3 Å². The summed E-state index contributed by atoms with van der Waals surface area (Å²) < 4.78 is 0. The number of carbonyl (C=O) groups excluding carboxylic acids is 2. The van der Waals surface area contributed by atoms with Gasteiger partial charge in [0.05, 0.1) is 22.1 Å². The van der Waals surface area contributed by atoms with Gasteiger partial charge in [0, 0.05) is 23.2 Å². The van der Waals surface area contributed by atoms with Gasteiger partial charge in [-0.2, -0.15) is 0 Å². The van der Waals surface area contributed by atoms with Gasteiger partial charge >= 0.3 is 0 Å². The van der Waals surface area contributed by atoms with E-state index in [-0.39, 0.29) is 23.8 Å². The van der Waals surface area contributed by atoms with Gasteiger partial charge in [-0.3, -0.25) is 9.59 Å². The van der Waals surface area contributed by atoms with Crippen molar-refractivity contribution in [3.8, 4) is 10.6 Å². The molecule has 0 unspecified atom stereocenters. The molecule has 4 bridgehead atoms. The van der Waals surface area contributed by atoms with Crippen LogP contribution in [0.3, 0.4) is 0 Å². The highest BCUT2D eigenvalue weighted by Crippen LogP contribution is 2.61. The Bertz CT molecular complexity index is 928. The van der Waals surface area contributed by atoms with E-state index in [2.05, 4.69) is 33.1 Å². The summed E-state index contributed by atoms with van der Waals surface area (Å²) in [5.41, 5.74) is 1.26. The van der Waals surface area contributed by atoms with Gasteiger partial charge in [-0.15, -0.1) is 22.7 Å². The zero-order valence-corrected chi connectivity index (χ0v) is 19.7. The molecule has 4 fully saturated rings. The minimum Gasteiger partial charge on any atom is -0.354 e. The summed E-state index contributed by atoms with van der Waals surface area (Å²) in [7, 11) is 0. The molecule has 2 N–H and O–H groups in total. The summed E-state index contributed by atoms with van der Waals surface area (Å²) in [6.45, 7) is 2.68. The summed E-state index contributed by atoms with van der Waals surface area (Å²) in [4.78, 5) is 31.7. The van der Waals surface area contributed by atoms with Crippen molar-refractivity contribution in [1.82, 2.24) is 15.6 Å². The number of carbonyl (C=O) groups is 2. The van der Waals surface area contributed by atoms with Crippen LogP contribution >= 0.6 is 22.7 Å². The van der Waals surface area contributed by atoms with Gasteiger partial charge < -0.3 is 10.6 Å². The summed E-state index contributed by atoms with van der Waals surface area (Å²) >= 11 is 3.38. The second-order valence-electron chi connectivity index (χ2n) is 9.99. The van der Waals surface area contributed by atoms with E-state index in [1.54, 1.807) is 22.7 Å². The Labute approximate surface area is 192 Å². The van der Waals surface area contributed by atoms with Crippen molar-refractivity contribution in [3.63, 3.8) is 0 Å². The maximum Gasteiger partial charge on any atom is 0.239 e. The quantitative estimate of drug-likeness (QED) is 0.610.